The zero-order valence-electron chi connectivity index (χ0n) is 17.1. The number of hydrogen-bond donors (Lipinski definition) is 1. The highest BCUT2D eigenvalue weighted by Crippen LogP contribution is 2.34. The second-order valence-electron chi connectivity index (χ2n) is 7.55. The Kier molecular flexibility index (Phi) is 6.45. The number of amides is 2. The monoisotopic (exact) mass is 359 g/mol. The van der Waals surface area contributed by atoms with Gasteiger partial charge in [-0.05, 0) is 71.7 Å². The SMILES string of the molecule is CCN(C(C)=O)C1(C(=O)N(c2c(C)cccc2C)C(C)C)CCNCC1. The number of benzene rings is 1. The summed E-state index contributed by atoms with van der Waals surface area (Å²) in [6.07, 6.45) is 1.29. The van der Waals surface area contributed by atoms with Crippen molar-refractivity contribution in [2.45, 2.75) is 66.0 Å². The molecular formula is C21H33N3O2. The van der Waals surface area contributed by atoms with Crippen molar-refractivity contribution in [3.63, 3.8) is 0 Å². The lowest BCUT2D eigenvalue weighted by atomic mass is 9.83. The van der Waals surface area contributed by atoms with Gasteiger partial charge in [0.05, 0.1) is 0 Å². The number of piperidine rings is 1. The third-order valence-corrected chi connectivity index (χ3v) is 5.46. The Morgan fingerprint density at radius 3 is 2.12 bits per heavy atom. The molecule has 0 aliphatic carbocycles. The van der Waals surface area contributed by atoms with Crippen LogP contribution in [-0.4, -0.2) is 47.9 Å². The number of carbonyl (C=O) groups is 2. The molecule has 1 fully saturated rings. The minimum absolute atomic E-state index is 0.0136. The molecule has 0 saturated carbocycles. The molecule has 0 bridgehead atoms. The summed E-state index contributed by atoms with van der Waals surface area (Å²) in [5, 5.41) is 3.33. The molecule has 1 aromatic carbocycles. The average Bonchev–Trinajstić information content (AvgIpc) is 2.58. The number of nitrogens with one attached hydrogen (secondary N) is 1. The van der Waals surface area contributed by atoms with Gasteiger partial charge in [-0.25, -0.2) is 0 Å². The van der Waals surface area contributed by atoms with Gasteiger partial charge in [-0.3, -0.25) is 9.59 Å². The molecular weight excluding hydrogens is 326 g/mol. The molecule has 0 spiro atoms. The Morgan fingerprint density at radius 1 is 1.15 bits per heavy atom. The molecule has 1 aliphatic heterocycles. The highest BCUT2D eigenvalue weighted by molar-refractivity contribution is 6.03. The molecule has 26 heavy (non-hydrogen) atoms. The van der Waals surface area contributed by atoms with E-state index in [2.05, 4.69) is 5.32 Å². The molecule has 5 nitrogen and oxygen atoms in total. The third kappa shape index (κ3) is 3.63. The maximum Gasteiger partial charge on any atom is 0.253 e. The molecule has 0 atom stereocenters. The zero-order valence-corrected chi connectivity index (χ0v) is 17.1. The van der Waals surface area contributed by atoms with Crippen LogP contribution >= 0.6 is 0 Å². The van der Waals surface area contributed by atoms with Crippen LogP contribution in [0.5, 0.6) is 0 Å². The van der Waals surface area contributed by atoms with Crippen molar-refractivity contribution in [2.75, 3.05) is 24.5 Å². The fourth-order valence-electron chi connectivity index (χ4n) is 4.27. The maximum atomic E-state index is 14.0. The predicted molar refractivity (Wildman–Crippen MR) is 106 cm³/mol. The Labute approximate surface area is 157 Å². The summed E-state index contributed by atoms with van der Waals surface area (Å²) in [6.45, 7) is 13.7. The molecule has 1 N–H and O–H groups in total. The van der Waals surface area contributed by atoms with E-state index in [0.29, 0.717) is 19.4 Å². The standard InChI is InChI=1S/C21H33N3O2/c1-7-23(18(6)25)21(11-13-22-14-12-21)20(26)24(15(2)3)19-16(4)9-8-10-17(19)5/h8-10,15,22H,7,11-14H2,1-6H3. The van der Waals surface area contributed by atoms with Crippen molar-refractivity contribution in [1.82, 2.24) is 10.2 Å². The van der Waals surface area contributed by atoms with Crippen molar-refractivity contribution < 1.29 is 9.59 Å². The van der Waals surface area contributed by atoms with Gasteiger partial charge in [0, 0.05) is 25.2 Å². The van der Waals surface area contributed by atoms with E-state index in [-0.39, 0.29) is 17.9 Å². The fourth-order valence-corrected chi connectivity index (χ4v) is 4.27. The molecule has 0 radical (unpaired) electrons. The van der Waals surface area contributed by atoms with Crippen LogP contribution in [-0.2, 0) is 9.59 Å². The third-order valence-electron chi connectivity index (χ3n) is 5.46. The first-order valence-electron chi connectivity index (χ1n) is 9.65. The van der Waals surface area contributed by atoms with Crippen LogP contribution in [0, 0.1) is 13.8 Å². The normalized spacial score (nSPS) is 16.4. The lowest BCUT2D eigenvalue weighted by Crippen LogP contribution is -2.65. The van der Waals surface area contributed by atoms with Crippen molar-refractivity contribution in [2.24, 2.45) is 0 Å². The van der Waals surface area contributed by atoms with Gasteiger partial charge in [-0.15, -0.1) is 0 Å². The zero-order chi connectivity index (χ0) is 19.5. The molecule has 0 unspecified atom stereocenters. The Balaban J connectivity index is 2.59. The number of hydrogen-bond acceptors (Lipinski definition) is 3. The molecule has 1 aromatic rings. The van der Waals surface area contributed by atoms with Gasteiger partial charge in [0.25, 0.3) is 5.91 Å². The topological polar surface area (TPSA) is 52.7 Å². The number of nitrogens with zero attached hydrogens (tertiary/aromatic N) is 2. The van der Waals surface area contributed by atoms with E-state index in [1.54, 1.807) is 11.8 Å². The largest absolute Gasteiger partial charge is 0.328 e. The molecule has 0 aromatic heterocycles. The van der Waals surface area contributed by atoms with Crippen LogP contribution in [0.3, 0.4) is 0 Å². The smallest absolute Gasteiger partial charge is 0.253 e. The number of likely N-dealkylation sites (N-methyl/N-ethyl adjacent to an activating group) is 1. The molecule has 1 saturated heterocycles. The van der Waals surface area contributed by atoms with Crippen LogP contribution in [0.25, 0.3) is 0 Å². The van der Waals surface area contributed by atoms with E-state index < -0.39 is 5.54 Å². The van der Waals surface area contributed by atoms with Gasteiger partial charge >= 0.3 is 0 Å². The van der Waals surface area contributed by atoms with E-state index in [1.165, 1.54) is 0 Å². The summed E-state index contributed by atoms with van der Waals surface area (Å²) in [4.78, 5) is 30.1. The van der Waals surface area contributed by atoms with E-state index in [1.807, 2.05) is 57.7 Å². The van der Waals surface area contributed by atoms with Gasteiger partial charge < -0.3 is 15.1 Å². The fraction of sp³-hybridized carbons (Fsp3) is 0.619. The molecule has 5 heteroatoms. The number of aryl methyl sites for hydroxylation is 2. The first-order chi connectivity index (χ1) is 12.3. The lowest BCUT2D eigenvalue weighted by Gasteiger charge is -2.48. The van der Waals surface area contributed by atoms with Crippen molar-refractivity contribution in [3.05, 3.63) is 29.3 Å². The molecule has 1 heterocycles. The van der Waals surface area contributed by atoms with Crippen LogP contribution in [0.15, 0.2) is 18.2 Å². The maximum absolute atomic E-state index is 14.0. The second-order valence-corrected chi connectivity index (χ2v) is 7.55. The summed E-state index contributed by atoms with van der Waals surface area (Å²) in [5.74, 6) is 0.0106. The van der Waals surface area contributed by atoms with Crippen molar-refractivity contribution >= 4 is 17.5 Å². The summed E-state index contributed by atoms with van der Waals surface area (Å²) in [5.41, 5.74) is 2.37. The molecule has 1 aliphatic rings. The second kappa shape index (κ2) is 8.21. The minimum atomic E-state index is -0.773. The first kappa shape index (κ1) is 20.4. The minimum Gasteiger partial charge on any atom is -0.328 e. The Bertz CT molecular complexity index is 643. The summed E-state index contributed by atoms with van der Waals surface area (Å²) in [7, 11) is 0. The van der Waals surface area contributed by atoms with E-state index in [0.717, 1.165) is 29.9 Å². The van der Waals surface area contributed by atoms with Crippen molar-refractivity contribution in [1.29, 1.82) is 0 Å². The molecule has 2 rings (SSSR count). The first-order valence-corrected chi connectivity index (χ1v) is 9.65. The van der Waals surface area contributed by atoms with Crippen LogP contribution in [0.4, 0.5) is 5.69 Å². The Hall–Kier alpha value is -1.88. The van der Waals surface area contributed by atoms with Gasteiger partial charge in [0.1, 0.15) is 5.54 Å². The number of rotatable bonds is 5. The summed E-state index contributed by atoms with van der Waals surface area (Å²) < 4.78 is 0. The molecule has 2 amide bonds. The average molecular weight is 360 g/mol. The van der Waals surface area contributed by atoms with Gasteiger partial charge in [0.2, 0.25) is 5.91 Å². The van der Waals surface area contributed by atoms with Gasteiger partial charge in [0.15, 0.2) is 0 Å². The number of para-hydroxylation sites is 1. The van der Waals surface area contributed by atoms with Crippen LogP contribution in [0.1, 0.15) is 51.7 Å². The Morgan fingerprint density at radius 2 is 1.69 bits per heavy atom. The van der Waals surface area contributed by atoms with Crippen molar-refractivity contribution in [3.8, 4) is 0 Å². The predicted octanol–water partition coefficient (Wildman–Crippen LogP) is 3.04. The van der Waals surface area contributed by atoms with Gasteiger partial charge in [-0.2, -0.15) is 0 Å². The molecule has 144 valence electrons. The number of carbonyl (C=O) groups excluding carboxylic acids is 2. The quantitative estimate of drug-likeness (QED) is 0.879. The van der Waals surface area contributed by atoms with E-state index in [4.69, 9.17) is 0 Å². The van der Waals surface area contributed by atoms with E-state index in [9.17, 15) is 9.59 Å². The number of anilines is 1. The highest BCUT2D eigenvalue weighted by Gasteiger charge is 2.48. The van der Waals surface area contributed by atoms with Gasteiger partial charge in [-0.1, -0.05) is 18.2 Å². The summed E-state index contributed by atoms with van der Waals surface area (Å²) in [6, 6.07) is 6.12. The highest BCUT2D eigenvalue weighted by atomic mass is 16.2. The lowest BCUT2D eigenvalue weighted by molar-refractivity contribution is -0.147. The summed E-state index contributed by atoms with van der Waals surface area (Å²) >= 11 is 0. The van der Waals surface area contributed by atoms with E-state index >= 15 is 0 Å². The van der Waals surface area contributed by atoms with Crippen LogP contribution in [0.2, 0.25) is 0 Å². The van der Waals surface area contributed by atoms with Crippen LogP contribution < -0.4 is 10.2 Å².